The van der Waals surface area contributed by atoms with Crippen LogP contribution < -0.4 is 5.32 Å². The molecule has 0 spiro atoms. The second-order valence-electron chi connectivity index (χ2n) is 5.06. The predicted octanol–water partition coefficient (Wildman–Crippen LogP) is 2.40. The van der Waals surface area contributed by atoms with E-state index in [9.17, 15) is 9.59 Å². The van der Waals surface area contributed by atoms with Crippen LogP contribution in [-0.2, 0) is 4.79 Å². The Morgan fingerprint density at radius 3 is 2.71 bits per heavy atom. The molecule has 0 aliphatic carbocycles. The van der Waals surface area contributed by atoms with Crippen LogP contribution in [-0.4, -0.2) is 35.1 Å². The molecule has 2 rings (SSSR count). The smallest absolute Gasteiger partial charge is 0.321 e. The van der Waals surface area contributed by atoms with Crippen LogP contribution in [0.3, 0.4) is 0 Å². The van der Waals surface area contributed by atoms with Gasteiger partial charge in [0.2, 0.25) is 0 Å². The van der Waals surface area contributed by atoms with Gasteiger partial charge in [0.1, 0.15) is 6.07 Å². The fraction of sp³-hybridized carbons (Fsp3) is 0.357. The largest absolute Gasteiger partial charge is 0.481 e. The fourth-order valence-corrected chi connectivity index (χ4v) is 2.56. The number of rotatable bonds is 2. The molecule has 110 valence electrons. The highest BCUT2D eigenvalue weighted by atomic mass is 35.5. The third-order valence-electron chi connectivity index (χ3n) is 3.56. The first-order valence-electron chi connectivity index (χ1n) is 6.40. The Morgan fingerprint density at radius 2 is 2.19 bits per heavy atom. The summed E-state index contributed by atoms with van der Waals surface area (Å²) in [6.07, 6.45) is 0. The summed E-state index contributed by atoms with van der Waals surface area (Å²) >= 11 is 5.90. The number of hydrogen-bond donors (Lipinski definition) is 2. The lowest BCUT2D eigenvalue weighted by Crippen LogP contribution is -2.33. The number of benzene rings is 1. The molecule has 2 atom stereocenters. The average molecular weight is 308 g/mol. The summed E-state index contributed by atoms with van der Waals surface area (Å²) in [6.45, 7) is 2.39. The van der Waals surface area contributed by atoms with Crippen molar-refractivity contribution in [2.24, 2.45) is 11.8 Å². The van der Waals surface area contributed by atoms with Crippen LogP contribution in [0.1, 0.15) is 12.5 Å². The van der Waals surface area contributed by atoms with E-state index < -0.39 is 11.9 Å². The standard InChI is InChI=1S/C14H14ClN3O3/c1-8-6-18(7-11(8)13(19)20)14(21)17-10-3-2-9(5-16)12(15)4-10/h2-4,8,11H,6-7H2,1H3,(H,17,21)(H,19,20). The van der Waals surface area contributed by atoms with Gasteiger partial charge >= 0.3 is 12.0 Å². The van der Waals surface area contributed by atoms with Crippen LogP contribution in [0.15, 0.2) is 18.2 Å². The minimum absolute atomic E-state index is 0.0854. The quantitative estimate of drug-likeness (QED) is 0.877. The summed E-state index contributed by atoms with van der Waals surface area (Å²) in [4.78, 5) is 24.6. The van der Waals surface area contributed by atoms with Crippen molar-refractivity contribution in [3.8, 4) is 6.07 Å². The van der Waals surface area contributed by atoms with E-state index in [4.69, 9.17) is 22.0 Å². The minimum atomic E-state index is -0.890. The summed E-state index contributed by atoms with van der Waals surface area (Å²) < 4.78 is 0. The Bertz CT molecular complexity index is 626. The van der Waals surface area contributed by atoms with Gasteiger partial charge in [0.25, 0.3) is 0 Å². The van der Waals surface area contributed by atoms with E-state index >= 15 is 0 Å². The van der Waals surface area contributed by atoms with Crippen molar-refractivity contribution in [1.82, 2.24) is 4.90 Å². The number of halogens is 1. The van der Waals surface area contributed by atoms with Crippen molar-refractivity contribution in [1.29, 1.82) is 5.26 Å². The van der Waals surface area contributed by atoms with E-state index in [1.54, 1.807) is 6.07 Å². The van der Waals surface area contributed by atoms with Crippen LogP contribution in [0.25, 0.3) is 0 Å². The van der Waals surface area contributed by atoms with Gasteiger partial charge in [0.05, 0.1) is 16.5 Å². The molecule has 1 fully saturated rings. The van der Waals surface area contributed by atoms with Crippen LogP contribution in [0.2, 0.25) is 5.02 Å². The van der Waals surface area contributed by atoms with Crippen LogP contribution in [0.4, 0.5) is 10.5 Å². The Kier molecular flexibility index (Phi) is 4.34. The molecule has 0 radical (unpaired) electrons. The van der Waals surface area contributed by atoms with Gasteiger partial charge in [-0.1, -0.05) is 18.5 Å². The first kappa shape index (κ1) is 15.1. The molecule has 0 saturated carbocycles. The number of nitrogens with one attached hydrogen (secondary N) is 1. The van der Waals surface area contributed by atoms with Crippen molar-refractivity contribution in [3.63, 3.8) is 0 Å². The zero-order valence-electron chi connectivity index (χ0n) is 11.3. The Balaban J connectivity index is 2.04. The molecule has 1 aliphatic rings. The molecule has 1 aromatic rings. The normalized spacial score (nSPS) is 20.9. The molecule has 0 bridgehead atoms. The molecule has 6 nitrogen and oxygen atoms in total. The molecule has 1 aliphatic heterocycles. The van der Waals surface area contributed by atoms with E-state index in [0.717, 1.165) is 0 Å². The number of carbonyl (C=O) groups excluding carboxylic acids is 1. The third kappa shape index (κ3) is 3.26. The van der Waals surface area contributed by atoms with Gasteiger partial charge in [-0.2, -0.15) is 5.26 Å². The van der Waals surface area contributed by atoms with Crippen LogP contribution in [0, 0.1) is 23.2 Å². The van der Waals surface area contributed by atoms with Crippen molar-refractivity contribution in [2.75, 3.05) is 18.4 Å². The molecule has 2 unspecified atom stereocenters. The second-order valence-corrected chi connectivity index (χ2v) is 5.47. The first-order chi connectivity index (χ1) is 9.92. The Hall–Kier alpha value is -2.26. The maximum absolute atomic E-state index is 12.1. The van der Waals surface area contributed by atoms with Gasteiger partial charge in [-0.05, 0) is 24.1 Å². The van der Waals surface area contributed by atoms with Crippen LogP contribution in [0.5, 0.6) is 0 Å². The molecular formula is C14H14ClN3O3. The number of hydrogen-bond acceptors (Lipinski definition) is 3. The molecular weight excluding hydrogens is 294 g/mol. The van der Waals surface area contributed by atoms with E-state index in [2.05, 4.69) is 5.32 Å². The molecule has 1 heterocycles. The number of likely N-dealkylation sites (tertiary alicyclic amines) is 1. The first-order valence-corrected chi connectivity index (χ1v) is 6.78. The van der Waals surface area contributed by atoms with Crippen molar-refractivity contribution in [2.45, 2.75) is 6.92 Å². The molecule has 7 heteroatoms. The van der Waals surface area contributed by atoms with Crippen molar-refractivity contribution < 1.29 is 14.7 Å². The molecule has 1 saturated heterocycles. The summed E-state index contributed by atoms with van der Waals surface area (Å²) in [6, 6.07) is 6.16. The van der Waals surface area contributed by atoms with Crippen LogP contribution >= 0.6 is 11.6 Å². The summed E-state index contributed by atoms with van der Waals surface area (Å²) in [7, 11) is 0. The number of carboxylic acid groups (broad SMARTS) is 1. The van der Waals surface area contributed by atoms with Crippen molar-refractivity contribution >= 4 is 29.3 Å². The number of aliphatic carboxylic acids is 1. The van der Waals surface area contributed by atoms with E-state index in [1.165, 1.54) is 17.0 Å². The summed E-state index contributed by atoms with van der Waals surface area (Å²) in [5.74, 6) is -1.52. The number of anilines is 1. The second kappa shape index (κ2) is 6.02. The van der Waals surface area contributed by atoms with Gasteiger partial charge in [-0.15, -0.1) is 0 Å². The van der Waals surface area contributed by atoms with E-state index in [-0.39, 0.29) is 23.5 Å². The zero-order chi connectivity index (χ0) is 15.6. The number of amides is 2. The zero-order valence-corrected chi connectivity index (χ0v) is 12.1. The molecule has 0 aromatic heterocycles. The summed E-state index contributed by atoms with van der Waals surface area (Å²) in [5.41, 5.74) is 0.797. The number of carbonyl (C=O) groups is 2. The van der Waals surface area contributed by atoms with Gasteiger partial charge in [-0.3, -0.25) is 4.79 Å². The minimum Gasteiger partial charge on any atom is -0.481 e. The predicted molar refractivity (Wildman–Crippen MR) is 77.0 cm³/mol. The molecule has 2 N–H and O–H groups in total. The number of carboxylic acids is 1. The lowest BCUT2D eigenvalue weighted by atomic mass is 9.99. The lowest BCUT2D eigenvalue weighted by Gasteiger charge is -2.17. The Morgan fingerprint density at radius 1 is 1.48 bits per heavy atom. The monoisotopic (exact) mass is 307 g/mol. The highest BCUT2D eigenvalue weighted by Crippen LogP contribution is 2.25. The van der Waals surface area contributed by atoms with Gasteiger partial charge < -0.3 is 15.3 Å². The maximum Gasteiger partial charge on any atom is 0.321 e. The summed E-state index contributed by atoms with van der Waals surface area (Å²) in [5, 5.41) is 20.8. The fourth-order valence-electron chi connectivity index (χ4n) is 2.34. The van der Waals surface area contributed by atoms with E-state index in [0.29, 0.717) is 17.8 Å². The van der Waals surface area contributed by atoms with Gasteiger partial charge in [0, 0.05) is 18.8 Å². The number of urea groups is 1. The van der Waals surface area contributed by atoms with Gasteiger partial charge in [-0.25, -0.2) is 4.79 Å². The highest BCUT2D eigenvalue weighted by molar-refractivity contribution is 6.32. The average Bonchev–Trinajstić information content (AvgIpc) is 2.81. The maximum atomic E-state index is 12.1. The highest BCUT2D eigenvalue weighted by Gasteiger charge is 2.36. The molecule has 2 amide bonds. The number of nitrogens with zero attached hydrogens (tertiary/aromatic N) is 2. The molecule has 1 aromatic carbocycles. The number of nitriles is 1. The molecule has 21 heavy (non-hydrogen) atoms. The topological polar surface area (TPSA) is 93.4 Å². The van der Waals surface area contributed by atoms with Gasteiger partial charge in [0.15, 0.2) is 0 Å². The van der Waals surface area contributed by atoms with E-state index in [1.807, 2.05) is 13.0 Å². The van der Waals surface area contributed by atoms with Crippen molar-refractivity contribution in [3.05, 3.63) is 28.8 Å². The Labute approximate surface area is 126 Å². The lowest BCUT2D eigenvalue weighted by molar-refractivity contribution is -0.142. The third-order valence-corrected chi connectivity index (χ3v) is 3.87. The SMILES string of the molecule is CC1CN(C(=O)Nc2ccc(C#N)c(Cl)c2)CC1C(=O)O.